The molecule has 6 heteroatoms. The van der Waals surface area contributed by atoms with E-state index in [4.69, 9.17) is 14.6 Å². The summed E-state index contributed by atoms with van der Waals surface area (Å²) in [6, 6.07) is 4.47. The summed E-state index contributed by atoms with van der Waals surface area (Å²) >= 11 is 0. The summed E-state index contributed by atoms with van der Waals surface area (Å²) in [5, 5.41) is 11.8. The zero-order valence-electron chi connectivity index (χ0n) is 12.1. The van der Waals surface area contributed by atoms with Crippen molar-refractivity contribution in [1.29, 1.82) is 0 Å². The minimum Gasteiger partial charge on any atom is -0.496 e. The summed E-state index contributed by atoms with van der Waals surface area (Å²) < 4.78 is 10.4. The van der Waals surface area contributed by atoms with Crippen molar-refractivity contribution in [2.45, 2.75) is 19.8 Å². The quantitative estimate of drug-likeness (QED) is 0.888. The molecule has 1 fully saturated rings. The van der Waals surface area contributed by atoms with Crippen molar-refractivity contribution in [2.75, 3.05) is 25.6 Å². The van der Waals surface area contributed by atoms with Crippen molar-refractivity contribution in [3.05, 3.63) is 23.8 Å². The molecule has 1 aliphatic heterocycles. The highest BCUT2D eigenvalue weighted by Crippen LogP contribution is 2.30. The van der Waals surface area contributed by atoms with E-state index in [-0.39, 0.29) is 17.2 Å². The van der Waals surface area contributed by atoms with E-state index in [2.05, 4.69) is 5.32 Å². The number of benzene rings is 1. The molecule has 21 heavy (non-hydrogen) atoms. The Bertz CT molecular complexity index is 549. The number of hydrogen-bond acceptors (Lipinski definition) is 4. The second kappa shape index (κ2) is 6.13. The average Bonchev–Trinajstić information content (AvgIpc) is 2.47. The van der Waals surface area contributed by atoms with Crippen LogP contribution in [0, 0.1) is 5.41 Å². The SMILES string of the molecule is COc1cc(NC(=O)C2(C)CCCOC2)ccc1C(=O)O. The van der Waals surface area contributed by atoms with E-state index < -0.39 is 11.4 Å². The van der Waals surface area contributed by atoms with Gasteiger partial charge in [0.15, 0.2) is 0 Å². The molecule has 1 aromatic carbocycles. The minimum absolute atomic E-state index is 0.0581. The van der Waals surface area contributed by atoms with Gasteiger partial charge in [0.25, 0.3) is 0 Å². The second-order valence-corrected chi connectivity index (χ2v) is 5.39. The monoisotopic (exact) mass is 293 g/mol. The van der Waals surface area contributed by atoms with Crippen LogP contribution in [-0.2, 0) is 9.53 Å². The van der Waals surface area contributed by atoms with Crippen molar-refractivity contribution in [3.8, 4) is 5.75 Å². The maximum absolute atomic E-state index is 12.4. The first-order valence-electron chi connectivity index (χ1n) is 6.77. The van der Waals surface area contributed by atoms with Crippen LogP contribution >= 0.6 is 0 Å². The summed E-state index contributed by atoms with van der Waals surface area (Å²) in [5.74, 6) is -0.991. The number of methoxy groups -OCH3 is 1. The number of amides is 1. The van der Waals surface area contributed by atoms with E-state index >= 15 is 0 Å². The van der Waals surface area contributed by atoms with Crippen LogP contribution in [0.25, 0.3) is 0 Å². The molecular formula is C15H19NO5. The summed E-state index contributed by atoms with van der Waals surface area (Å²) in [4.78, 5) is 23.4. The van der Waals surface area contributed by atoms with Gasteiger partial charge in [-0.15, -0.1) is 0 Å². The lowest BCUT2D eigenvalue weighted by molar-refractivity contribution is -0.131. The predicted molar refractivity (Wildman–Crippen MR) is 76.7 cm³/mol. The van der Waals surface area contributed by atoms with Gasteiger partial charge in [-0.2, -0.15) is 0 Å². The number of carbonyl (C=O) groups excluding carboxylic acids is 1. The summed E-state index contributed by atoms with van der Waals surface area (Å²) in [6.07, 6.45) is 1.62. The van der Waals surface area contributed by atoms with Crippen molar-refractivity contribution in [2.24, 2.45) is 5.41 Å². The first-order chi connectivity index (χ1) is 9.96. The molecule has 0 bridgehead atoms. The van der Waals surface area contributed by atoms with Gasteiger partial charge in [0, 0.05) is 18.4 Å². The standard InChI is InChI=1S/C15H19NO5/c1-15(6-3-7-21-9-15)14(19)16-10-4-5-11(13(17)18)12(8-10)20-2/h4-5,8H,3,6-7,9H2,1-2H3,(H,16,19)(H,17,18). The van der Waals surface area contributed by atoms with Gasteiger partial charge in [-0.1, -0.05) is 0 Å². The number of nitrogens with one attached hydrogen (secondary N) is 1. The number of ether oxygens (including phenoxy) is 2. The molecule has 1 unspecified atom stereocenters. The highest BCUT2D eigenvalue weighted by molar-refractivity contribution is 5.97. The van der Waals surface area contributed by atoms with Crippen molar-refractivity contribution >= 4 is 17.6 Å². The fourth-order valence-electron chi connectivity index (χ4n) is 2.34. The van der Waals surface area contributed by atoms with Gasteiger partial charge in [-0.25, -0.2) is 4.79 Å². The Labute approximate surface area is 123 Å². The van der Waals surface area contributed by atoms with Gasteiger partial charge < -0.3 is 19.9 Å². The molecule has 1 saturated heterocycles. The largest absolute Gasteiger partial charge is 0.496 e. The zero-order chi connectivity index (χ0) is 15.5. The number of aromatic carboxylic acids is 1. The molecule has 0 spiro atoms. The molecule has 6 nitrogen and oxygen atoms in total. The maximum atomic E-state index is 12.4. The number of rotatable bonds is 4. The summed E-state index contributed by atoms with van der Waals surface area (Å²) in [6.45, 7) is 2.94. The van der Waals surface area contributed by atoms with E-state index in [9.17, 15) is 9.59 Å². The smallest absolute Gasteiger partial charge is 0.339 e. The van der Waals surface area contributed by atoms with Crippen LogP contribution in [0.5, 0.6) is 5.75 Å². The molecule has 1 heterocycles. The number of carbonyl (C=O) groups is 2. The minimum atomic E-state index is -1.07. The van der Waals surface area contributed by atoms with E-state index in [1.54, 1.807) is 6.07 Å². The number of hydrogen-bond donors (Lipinski definition) is 2. The number of carboxylic acids is 1. The van der Waals surface area contributed by atoms with Crippen LogP contribution < -0.4 is 10.1 Å². The van der Waals surface area contributed by atoms with E-state index in [1.807, 2.05) is 6.92 Å². The van der Waals surface area contributed by atoms with Crippen LogP contribution in [0.15, 0.2) is 18.2 Å². The molecule has 1 aromatic rings. The van der Waals surface area contributed by atoms with Crippen molar-refractivity contribution in [3.63, 3.8) is 0 Å². The first-order valence-corrected chi connectivity index (χ1v) is 6.77. The van der Waals surface area contributed by atoms with E-state index in [1.165, 1.54) is 19.2 Å². The molecule has 2 rings (SSSR count). The number of carboxylic acid groups (broad SMARTS) is 1. The Morgan fingerprint density at radius 2 is 2.19 bits per heavy atom. The van der Waals surface area contributed by atoms with Crippen LogP contribution in [0.1, 0.15) is 30.1 Å². The highest BCUT2D eigenvalue weighted by Gasteiger charge is 2.35. The van der Waals surface area contributed by atoms with E-state index in [0.717, 1.165) is 12.8 Å². The van der Waals surface area contributed by atoms with E-state index in [0.29, 0.717) is 18.9 Å². The Morgan fingerprint density at radius 3 is 2.76 bits per heavy atom. The molecular weight excluding hydrogens is 274 g/mol. The van der Waals surface area contributed by atoms with Gasteiger partial charge in [0.05, 0.1) is 19.1 Å². The van der Waals surface area contributed by atoms with Crippen LogP contribution in [0.4, 0.5) is 5.69 Å². The Kier molecular flexibility index (Phi) is 4.47. The third kappa shape index (κ3) is 3.33. The highest BCUT2D eigenvalue weighted by atomic mass is 16.5. The van der Waals surface area contributed by atoms with Crippen LogP contribution in [0.3, 0.4) is 0 Å². The Hall–Kier alpha value is -2.08. The summed E-state index contributed by atoms with van der Waals surface area (Å²) in [7, 11) is 1.39. The summed E-state index contributed by atoms with van der Waals surface area (Å²) in [5.41, 5.74) is 0.00750. The second-order valence-electron chi connectivity index (χ2n) is 5.39. The lowest BCUT2D eigenvalue weighted by atomic mass is 9.84. The average molecular weight is 293 g/mol. The number of anilines is 1. The van der Waals surface area contributed by atoms with Gasteiger partial charge in [0.2, 0.25) is 5.91 Å². The van der Waals surface area contributed by atoms with Crippen molar-refractivity contribution in [1.82, 2.24) is 0 Å². The van der Waals surface area contributed by atoms with Gasteiger partial charge in [0.1, 0.15) is 11.3 Å². The predicted octanol–water partition coefficient (Wildman–Crippen LogP) is 2.15. The Morgan fingerprint density at radius 1 is 1.43 bits per heavy atom. The topological polar surface area (TPSA) is 84.9 Å². The van der Waals surface area contributed by atoms with Crippen molar-refractivity contribution < 1.29 is 24.2 Å². The fourth-order valence-corrected chi connectivity index (χ4v) is 2.34. The molecule has 1 atom stereocenters. The fraction of sp³-hybridized carbons (Fsp3) is 0.467. The maximum Gasteiger partial charge on any atom is 0.339 e. The molecule has 114 valence electrons. The van der Waals surface area contributed by atoms with Gasteiger partial charge >= 0.3 is 5.97 Å². The van der Waals surface area contributed by atoms with Gasteiger partial charge in [-0.05, 0) is 31.9 Å². The third-order valence-electron chi connectivity index (χ3n) is 3.68. The molecule has 2 N–H and O–H groups in total. The lowest BCUT2D eigenvalue weighted by Crippen LogP contribution is -2.40. The zero-order valence-corrected chi connectivity index (χ0v) is 12.1. The molecule has 0 aliphatic carbocycles. The first kappa shape index (κ1) is 15.3. The normalized spacial score (nSPS) is 21.6. The third-order valence-corrected chi connectivity index (χ3v) is 3.68. The molecule has 1 amide bonds. The molecule has 0 radical (unpaired) electrons. The van der Waals surface area contributed by atoms with Crippen LogP contribution in [-0.4, -0.2) is 37.3 Å². The van der Waals surface area contributed by atoms with Crippen LogP contribution in [0.2, 0.25) is 0 Å². The molecule has 0 aromatic heterocycles. The molecule has 0 saturated carbocycles. The lowest BCUT2D eigenvalue weighted by Gasteiger charge is -2.31. The molecule has 1 aliphatic rings. The van der Waals surface area contributed by atoms with Gasteiger partial charge in [-0.3, -0.25) is 4.79 Å². The Balaban J connectivity index is 2.16.